The molecule has 0 atom stereocenters. The summed E-state index contributed by atoms with van der Waals surface area (Å²) in [5.74, 6) is 0.821. The smallest absolute Gasteiger partial charge is 0.191 e. The van der Waals surface area contributed by atoms with Crippen LogP contribution in [0.4, 0.5) is 0 Å². The highest BCUT2D eigenvalue weighted by Crippen LogP contribution is 2.07. The summed E-state index contributed by atoms with van der Waals surface area (Å²) >= 11 is 1.74. The number of aromatic nitrogens is 1. The van der Waals surface area contributed by atoms with Gasteiger partial charge in [-0.3, -0.25) is 4.98 Å². The number of pyridine rings is 1. The van der Waals surface area contributed by atoms with Crippen molar-refractivity contribution in [1.29, 1.82) is 0 Å². The van der Waals surface area contributed by atoms with Gasteiger partial charge in [0.15, 0.2) is 5.96 Å². The minimum atomic E-state index is 0. The van der Waals surface area contributed by atoms with Crippen molar-refractivity contribution >= 4 is 41.3 Å². The van der Waals surface area contributed by atoms with E-state index < -0.39 is 0 Å². The molecule has 0 aliphatic rings. The predicted octanol–water partition coefficient (Wildman–Crippen LogP) is 3.02. The Morgan fingerprint density at radius 2 is 2.15 bits per heavy atom. The maximum atomic E-state index is 4.52. The topological polar surface area (TPSA) is 49.3 Å². The highest BCUT2D eigenvalue weighted by Gasteiger charge is 1.99. The summed E-state index contributed by atoms with van der Waals surface area (Å²) in [6.07, 6.45) is 1.79. The second-order valence-corrected chi connectivity index (χ2v) is 4.98. The van der Waals surface area contributed by atoms with Crippen molar-refractivity contribution in [2.45, 2.75) is 20.0 Å². The normalized spacial score (nSPS) is 10.8. The molecule has 2 N–H and O–H groups in total. The van der Waals surface area contributed by atoms with E-state index in [0.717, 1.165) is 24.7 Å². The van der Waals surface area contributed by atoms with Gasteiger partial charge in [0.05, 0.1) is 18.8 Å². The molecule has 2 aromatic heterocycles. The molecule has 4 nitrogen and oxygen atoms in total. The summed E-state index contributed by atoms with van der Waals surface area (Å²) in [6, 6.07) is 10.0. The van der Waals surface area contributed by atoms with Crippen molar-refractivity contribution in [3.63, 3.8) is 0 Å². The Hall–Kier alpha value is -1.15. The second kappa shape index (κ2) is 9.71. The molecule has 108 valence electrons. The summed E-state index contributed by atoms with van der Waals surface area (Å²) in [5.41, 5.74) is 0.968. The van der Waals surface area contributed by atoms with Gasteiger partial charge in [-0.05, 0) is 30.5 Å². The molecule has 2 rings (SSSR count). The van der Waals surface area contributed by atoms with E-state index in [1.165, 1.54) is 4.88 Å². The van der Waals surface area contributed by atoms with Crippen LogP contribution in [0.2, 0.25) is 0 Å². The van der Waals surface area contributed by atoms with E-state index in [4.69, 9.17) is 0 Å². The fraction of sp³-hybridized carbons (Fsp3) is 0.286. The zero-order chi connectivity index (χ0) is 13.3. The largest absolute Gasteiger partial charge is 0.357 e. The minimum Gasteiger partial charge on any atom is -0.357 e. The summed E-state index contributed by atoms with van der Waals surface area (Å²) in [4.78, 5) is 10.1. The molecule has 0 radical (unpaired) electrons. The van der Waals surface area contributed by atoms with Gasteiger partial charge in [-0.15, -0.1) is 35.3 Å². The van der Waals surface area contributed by atoms with Crippen molar-refractivity contribution in [3.05, 3.63) is 52.5 Å². The number of thiophene rings is 1. The lowest BCUT2D eigenvalue weighted by Gasteiger charge is -2.10. The van der Waals surface area contributed by atoms with Gasteiger partial charge in [0.2, 0.25) is 0 Å². The van der Waals surface area contributed by atoms with Crippen LogP contribution in [0.15, 0.2) is 46.9 Å². The third kappa shape index (κ3) is 5.87. The maximum Gasteiger partial charge on any atom is 0.191 e. The lowest BCUT2D eigenvalue weighted by Crippen LogP contribution is -2.36. The molecule has 0 saturated carbocycles. The van der Waals surface area contributed by atoms with Crippen molar-refractivity contribution < 1.29 is 0 Å². The molecule has 0 saturated heterocycles. The van der Waals surface area contributed by atoms with Crippen LogP contribution in [0, 0.1) is 0 Å². The lowest BCUT2D eigenvalue weighted by atomic mass is 10.3. The van der Waals surface area contributed by atoms with E-state index in [9.17, 15) is 0 Å². The van der Waals surface area contributed by atoms with Crippen LogP contribution < -0.4 is 10.6 Å². The zero-order valence-corrected chi connectivity index (χ0v) is 14.5. The molecule has 0 aliphatic carbocycles. The Bertz CT molecular complexity index is 499. The SMILES string of the molecule is CCNC(=NCc1ccccn1)NCc1cccs1.I. The van der Waals surface area contributed by atoms with Crippen LogP contribution in [0.3, 0.4) is 0 Å². The standard InChI is InChI=1S/C14H18N4S.HI/c1-2-15-14(18-11-13-7-5-9-19-13)17-10-12-6-3-4-8-16-12;/h3-9H,2,10-11H2,1H3,(H2,15,17,18);1H. The van der Waals surface area contributed by atoms with Gasteiger partial charge >= 0.3 is 0 Å². The van der Waals surface area contributed by atoms with Crippen LogP contribution in [0.1, 0.15) is 17.5 Å². The van der Waals surface area contributed by atoms with Gasteiger partial charge in [0.1, 0.15) is 0 Å². The first kappa shape index (κ1) is 16.9. The number of hydrogen-bond acceptors (Lipinski definition) is 3. The van der Waals surface area contributed by atoms with Gasteiger partial charge in [-0.25, -0.2) is 4.99 Å². The maximum absolute atomic E-state index is 4.52. The van der Waals surface area contributed by atoms with Gasteiger partial charge in [0, 0.05) is 17.6 Å². The number of rotatable bonds is 5. The van der Waals surface area contributed by atoms with Crippen LogP contribution >= 0.6 is 35.3 Å². The number of guanidine groups is 1. The number of aliphatic imine (C=N–C) groups is 1. The molecule has 6 heteroatoms. The average molecular weight is 402 g/mol. The first-order valence-electron chi connectivity index (χ1n) is 6.33. The van der Waals surface area contributed by atoms with Crippen molar-refractivity contribution in [2.75, 3.05) is 6.54 Å². The zero-order valence-electron chi connectivity index (χ0n) is 11.4. The first-order chi connectivity index (χ1) is 9.38. The number of hydrogen-bond donors (Lipinski definition) is 2. The predicted molar refractivity (Wildman–Crippen MR) is 95.6 cm³/mol. The highest BCUT2D eigenvalue weighted by molar-refractivity contribution is 14.0. The number of halogens is 1. The third-order valence-electron chi connectivity index (χ3n) is 2.48. The van der Waals surface area contributed by atoms with E-state index in [-0.39, 0.29) is 24.0 Å². The van der Waals surface area contributed by atoms with Gasteiger partial charge in [0.25, 0.3) is 0 Å². The van der Waals surface area contributed by atoms with Gasteiger partial charge in [-0.2, -0.15) is 0 Å². The second-order valence-electron chi connectivity index (χ2n) is 3.95. The number of nitrogens with one attached hydrogen (secondary N) is 2. The van der Waals surface area contributed by atoms with Crippen LogP contribution in [-0.4, -0.2) is 17.5 Å². The molecular weight excluding hydrogens is 383 g/mol. The van der Waals surface area contributed by atoms with E-state index in [1.807, 2.05) is 18.2 Å². The Labute approximate surface area is 140 Å². The molecule has 2 aromatic rings. The molecule has 0 bridgehead atoms. The molecule has 0 fully saturated rings. The van der Waals surface area contributed by atoms with Gasteiger partial charge in [-0.1, -0.05) is 12.1 Å². The molecule has 0 spiro atoms. The van der Waals surface area contributed by atoms with Gasteiger partial charge < -0.3 is 10.6 Å². The van der Waals surface area contributed by atoms with Crippen molar-refractivity contribution in [1.82, 2.24) is 15.6 Å². The highest BCUT2D eigenvalue weighted by atomic mass is 127. The molecule has 0 aromatic carbocycles. The Morgan fingerprint density at radius 1 is 1.25 bits per heavy atom. The molecule has 0 unspecified atom stereocenters. The minimum absolute atomic E-state index is 0. The van der Waals surface area contributed by atoms with Crippen LogP contribution in [0.25, 0.3) is 0 Å². The van der Waals surface area contributed by atoms with E-state index >= 15 is 0 Å². The third-order valence-corrected chi connectivity index (χ3v) is 3.36. The molecule has 0 aliphatic heterocycles. The molecular formula is C14H19IN4S. The van der Waals surface area contributed by atoms with E-state index in [2.05, 4.69) is 45.0 Å². The van der Waals surface area contributed by atoms with E-state index in [0.29, 0.717) is 6.54 Å². The summed E-state index contributed by atoms with van der Waals surface area (Å²) in [6.45, 7) is 4.29. The fourth-order valence-electron chi connectivity index (χ4n) is 1.58. The Kier molecular flexibility index (Phi) is 8.20. The Morgan fingerprint density at radius 3 is 2.80 bits per heavy atom. The fourth-order valence-corrected chi connectivity index (χ4v) is 2.22. The van der Waals surface area contributed by atoms with Crippen molar-refractivity contribution in [2.24, 2.45) is 4.99 Å². The monoisotopic (exact) mass is 402 g/mol. The summed E-state index contributed by atoms with van der Waals surface area (Å²) in [7, 11) is 0. The quantitative estimate of drug-likeness (QED) is 0.459. The first-order valence-corrected chi connectivity index (χ1v) is 7.21. The molecule has 2 heterocycles. The van der Waals surface area contributed by atoms with Crippen molar-refractivity contribution in [3.8, 4) is 0 Å². The van der Waals surface area contributed by atoms with E-state index in [1.54, 1.807) is 17.5 Å². The van der Waals surface area contributed by atoms with Crippen LogP contribution in [-0.2, 0) is 13.1 Å². The number of nitrogens with zero attached hydrogens (tertiary/aromatic N) is 2. The summed E-state index contributed by atoms with van der Waals surface area (Å²) < 4.78 is 0. The molecule has 20 heavy (non-hydrogen) atoms. The Balaban J connectivity index is 0.00000200. The van der Waals surface area contributed by atoms with Crippen LogP contribution in [0.5, 0.6) is 0 Å². The molecule has 0 amide bonds. The lowest BCUT2D eigenvalue weighted by molar-refractivity contribution is 0.819. The average Bonchev–Trinajstić information content (AvgIpc) is 2.96. The summed E-state index contributed by atoms with van der Waals surface area (Å²) in [5, 5.41) is 8.62.